The van der Waals surface area contributed by atoms with Crippen molar-refractivity contribution < 1.29 is 9.59 Å². The van der Waals surface area contributed by atoms with Gasteiger partial charge < -0.3 is 16.0 Å². The number of pyridine rings is 1. The summed E-state index contributed by atoms with van der Waals surface area (Å²) in [6.07, 6.45) is 3.87. The molecule has 3 aliphatic carbocycles. The van der Waals surface area contributed by atoms with Crippen molar-refractivity contribution >= 4 is 22.7 Å². The lowest BCUT2D eigenvalue weighted by Gasteiger charge is -2.62. The van der Waals surface area contributed by atoms with Gasteiger partial charge in [-0.25, -0.2) is 4.98 Å². The number of fused-ring (bicyclic) bond motifs is 3. The second-order valence-electron chi connectivity index (χ2n) is 8.24. The van der Waals surface area contributed by atoms with Gasteiger partial charge in [0.05, 0.1) is 11.7 Å². The molecule has 5 rings (SSSR count). The van der Waals surface area contributed by atoms with E-state index in [0.717, 1.165) is 17.3 Å². The molecule has 3 fully saturated rings. The van der Waals surface area contributed by atoms with Crippen LogP contribution < -0.4 is 11.1 Å². The van der Waals surface area contributed by atoms with Crippen LogP contribution in [0.2, 0.25) is 0 Å². The number of rotatable bonds is 3. The van der Waals surface area contributed by atoms with Crippen molar-refractivity contribution in [1.82, 2.24) is 15.3 Å². The number of hydrogen-bond acceptors (Lipinski definition) is 3. The smallest absolute Gasteiger partial charge is 0.267 e. The number of carbonyl (C=O) groups excluding carboxylic acids is 2. The Morgan fingerprint density at radius 2 is 2.08 bits per heavy atom. The maximum atomic E-state index is 12.7. The molecular weight excluding hydrogens is 316 g/mol. The van der Waals surface area contributed by atoms with Crippen LogP contribution in [0.1, 0.15) is 54.6 Å². The number of H-pyrrole nitrogens is 1. The molecule has 2 heterocycles. The summed E-state index contributed by atoms with van der Waals surface area (Å²) < 4.78 is 0. The van der Waals surface area contributed by atoms with E-state index in [0.29, 0.717) is 28.9 Å². The molecule has 0 spiro atoms. The summed E-state index contributed by atoms with van der Waals surface area (Å²) in [5.74, 6) is 1.18. The summed E-state index contributed by atoms with van der Waals surface area (Å²) >= 11 is 0. The molecule has 2 aromatic heterocycles. The quantitative estimate of drug-likeness (QED) is 0.800. The predicted molar refractivity (Wildman–Crippen MR) is 95.0 cm³/mol. The van der Waals surface area contributed by atoms with Gasteiger partial charge in [0, 0.05) is 11.4 Å². The van der Waals surface area contributed by atoms with Crippen LogP contribution in [-0.2, 0) is 0 Å². The number of carbonyl (C=O) groups is 2. The first-order chi connectivity index (χ1) is 11.8. The molecule has 4 N–H and O–H groups in total. The van der Waals surface area contributed by atoms with E-state index >= 15 is 0 Å². The second-order valence-corrected chi connectivity index (χ2v) is 8.24. The zero-order valence-corrected chi connectivity index (χ0v) is 14.8. The normalized spacial score (nSPS) is 29.9. The highest BCUT2D eigenvalue weighted by Crippen LogP contribution is 2.61. The van der Waals surface area contributed by atoms with Gasteiger partial charge in [0.1, 0.15) is 11.4 Å². The molecule has 132 valence electrons. The van der Waals surface area contributed by atoms with Crippen LogP contribution in [0.15, 0.2) is 18.3 Å². The lowest BCUT2D eigenvalue weighted by Crippen LogP contribution is -2.60. The Hall–Kier alpha value is -2.37. The van der Waals surface area contributed by atoms with Crippen LogP contribution in [0.3, 0.4) is 0 Å². The molecule has 2 aromatic rings. The zero-order chi connectivity index (χ0) is 17.9. The van der Waals surface area contributed by atoms with Crippen molar-refractivity contribution in [2.75, 3.05) is 0 Å². The first-order valence-corrected chi connectivity index (χ1v) is 8.87. The fourth-order valence-corrected chi connectivity index (χ4v) is 4.88. The number of hydrogen-bond donors (Lipinski definition) is 3. The Balaban J connectivity index is 1.52. The minimum atomic E-state index is -0.577. The molecule has 2 amide bonds. The van der Waals surface area contributed by atoms with Gasteiger partial charge in [-0.1, -0.05) is 20.8 Å². The summed E-state index contributed by atoms with van der Waals surface area (Å²) in [5, 5.41) is 3.96. The van der Waals surface area contributed by atoms with Crippen molar-refractivity contribution in [2.24, 2.45) is 28.9 Å². The highest BCUT2D eigenvalue weighted by Gasteiger charge is 2.56. The van der Waals surface area contributed by atoms with E-state index in [1.165, 1.54) is 12.6 Å². The first kappa shape index (κ1) is 16.1. The molecule has 0 radical (unpaired) electrons. The van der Waals surface area contributed by atoms with E-state index in [4.69, 9.17) is 5.73 Å². The van der Waals surface area contributed by atoms with Gasteiger partial charge >= 0.3 is 0 Å². The summed E-state index contributed by atoms with van der Waals surface area (Å²) in [5.41, 5.74) is 7.06. The van der Waals surface area contributed by atoms with E-state index in [1.54, 1.807) is 12.1 Å². The second kappa shape index (κ2) is 5.31. The largest absolute Gasteiger partial charge is 0.364 e. The van der Waals surface area contributed by atoms with E-state index in [1.807, 2.05) is 0 Å². The maximum absolute atomic E-state index is 12.7. The molecule has 0 aliphatic heterocycles. The van der Waals surface area contributed by atoms with Crippen molar-refractivity contribution in [3.05, 3.63) is 29.7 Å². The topological polar surface area (TPSA) is 101 Å². The van der Waals surface area contributed by atoms with E-state index < -0.39 is 5.91 Å². The summed E-state index contributed by atoms with van der Waals surface area (Å²) in [7, 11) is 0. The van der Waals surface area contributed by atoms with Crippen LogP contribution in [-0.4, -0.2) is 27.8 Å². The van der Waals surface area contributed by atoms with Crippen LogP contribution in [0, 0.1) is 23.2 Å². The molecular formula is C19H24N4O2. The van der Waals surface area contributed by atoms with Crippen molar-refractivity contribution in [2.45, 2.75) is 39.7 Å². The lowest BCUT2D eigenvalue weighted by molar-refractivity contribution is -0.113. The number of nitrogens with zero attached hydrogens (tertiary/aromatic N) is 1. The van der Waals surface area contributed by atoms with Gasteiger partial charge in [-0.15, -0.1) is 0 Å². The Morgan fingerprint density at radius 1 is 1.32 bits per heavy atom. The highest BCUT2D eigenvalue weighted by molar-refractivity contribution is 6.00. The third kappa shape index (κ3) is 2.42. The molecule has 2 bridgehead atoms. The Labute approximate surface area is 146 Å². The molecule has 4 atom stereocenters. The van der Waals surface area contributed by atoms with Crippen molar-refractivity contribution in [3.63, 3.8) is 0 Å². The van der Waals surface area contributed by atoms with Gasteiger partial charge in [-0.2, -0.15) is 0 Å². The molecule has 0 saturated heterocycles. The van der Waals surface area contributed by atoms with Crippen molar-refractivity contribution in [3.8, 4) is 0 Å². The van der Waals surface area contributed by atoms with Gasteiger partial charge in [-0.3, -0.25) is 9.59 Å². The Morgan fingerprint density at radius 3 is 2.72 bits per heavy atom. The third-order valence-electron chi connectivity index (χ3n) is 6.67. The molecule has 3 aliphatic rings. The van der Waals surface area contributed by atoms with Crippen LogP contribution in [0.4, 0.5) is 0 Å². The molecule has 6 nitrogen and oxygen atoms in total. The van der Waals surface area contributed by atoms with Gasteiger partial charge in [0.25, 0.3) is 11.8 Å². The predicted octanol–water partition coefficient (Wildman–Crippen LogP) is 2.46. The van der Waals surface area contributed by atoms with Gasteiger partial charge in [0.15, 0.2) is 0 Å². The van der Waals surface area contributed by atoms with E-state index in [2.05, 4.69) is 36.1 Å². The fraction of sp³-hybridized carbons (Fsp3) is 0.526. The monoisotopic (exact) mass is 340 g/mol. The van der Waals surface area contributed by atoms with E-state index in [9.17, 15) is 9.59 Å². The van der Waals surface area contributed by atoms with Gasteiger partial charge in [0.2, 0.25) is 0 Å². The number of primary amides is 1. The van der Waals surface area contributed by atoms with Crippen LogP contribution in [0.5, 0.6) is 0 Å². The molecule has 0 unspecified atom stereocenters. The molecule has 6 heteroatoms. The van der Waals surface area contributed by atoms with E-state index in [-0.39, 0.29) is 17.6 Å². The summed E-state index contributed by atoms with van der Waals surface area (Å²) in [6, 6.07) is 3.57. The maximum Gasteiger partial charge on any atom is 0.267 e. The third-order valence-corrected chi connectivity index (χ3v) is 6.67. The minimum absolute atomic E-state index is 0.104. The van der Waals surface area contributed by atoms with Crippen molar-refractivity contribution in [1.29, 1.82) is 0 Å². The molecule has 3 saturated carbocycles. The van der Waals surface area contributed by atoms with Crippen LogP contribution >= 0.6 is 0 Å². The minimum Gasteiger partial charge on any atom is -0.364 e. The molecule has 25 heavy (non-hydrogen) atoms. The number of aromatic nitrogens is 2. The average molecular weight is 340 g/mol. The molecule has 0 aromatic carbocycles. The number of amides is 2. The number of nitrogens with two attached hydrogens (primary N) is 1. The summed E-state index contributed by atoms with van der Waals surface area (Å²) in [4.78, 5) is 31.0. The average Bonchev–Trinajstić information content (AvgIpc) is 2.99. The zero-order valence-electron chi connectivity index (χ0n) is 14.8. The number of aromatic amines is 1. The van der Waals surface area contributed by atoms with Crippen LogP contribution in [0.25, 0.3) is 10.9 Å². The van der Waals surface area contributed by atoms with Gasteiger partial charge in [-0.05, 0) is 48.1 Å². The summed E-state index contributed by atoms with van der Waals surface area (Å²) in [6.45, 7) is 6.95. The Kier molecular flexibility index (Phi) is 3.42. The highest BCUT2D eigenvalue weighted by atomic mass is 16.2. The first-order valence-electron chi connectivity index (χ1n) is 8.87. The fourth-order valence-electron chi connectivity index (χ4n) is 4.88. The standard InChI is InChI=1S/C19H24N4O2/c1-9-12-6-11(19(12,2)3)7-13(9)23-18(25)15-5-10-4-14(17(20)24)21-8-16(10)22-15/h4-5,8-9,11-13,22H,6-7H2,1-3H3,(H2,20,24)(H,23,25)/t9-,11+,12-,13-/m0/s1. The SMILES string of the molecule is C[C@@H]1[C@@H](NC(=O)c2cc3cc(C(N)=O)ncc3[nH]2)C[C@H]2C[C@@H]1C2(C)C. The Bertz CT molecular complexity index is 869. The number of nitrogens with one attached hydrogen (secondary N) is 2. The lowest BCUT2D eigenvalue weighted by atomic mass is 9.45.